The number of halogens is 1. The van der Waals surface area contributed by atoms with Crippen LogP contribution in [0.5, 0.6) is 0 Å². The third kappa shape index (κ3) is 4.66. The minimum absolute atomic E-state index is 0. The Kier molecular flexibility index (Phi) is 7.24. The van der Waals surface area contributed by atoms with Gasteiger partial charge in [-0.05, 0) is 49.2 Å². The molecule has 0 spiro atoms. The van der Waals surface area contributed by atoms with Crippen molar-refractivity contribution in [1.82, 2.24) is 13.7 Å². The first-order valence-electron chi connectivity index (χ1n) is 13.0. The summed E-state index contributed by atoms with van der Waals surface area (Å²) in [6.07, 6.45) is 1.42. The lowest BCUT2D eigenvalue weighted by Crippen LogP contribution is -2.41. The molecule has 1 saturated carbocycles. The highest BCUT2D eigenvalue weighted by Gasteiger charge is 2.31. The first kappa shape index (κ1) is 27.2. The molecule has 2 aliphatic rings. The average Bonchev–Trinajstić information content (AvgIpc) is 3.78. The van der Waals surface area contributed by atoms with Gasteiger partial charge in [0.15, 0.2) is 0 Å². The molecule has 2 fully saturated rings. The van der Waals surface area contributed by atoms with Gasteiger partial charge in [-0.1, -0.05) is 13.5 Å². The number of ether oxygens (including phenoxy) is 1. The standard InChI is InChI=1S/C28H29FN6O4.CH4/c1-30-17-6-9-22(21(29)14-17)31-23-16-24(36)32(2)26-25(23)27(37)35(18-7-8-18)28(38)34(26)20-5-3-4-19(15-20)33-10-12-39-13-11-33;/h3-6,9,14-16,18,30-31H,7-8,10-13H2,1-2H3;1H4. The maximum absolute atomic E-state index is 14.9. The molecular formula is C29H33FN6O4. The van der Waals surface area contributed by atoms with Crippen molar-refractivity contribution in [1.29, 1.82) is 0 Å². The highest BCUT2D eigenvalue weighted by Crippen LogP contribution is 2.34. The van der Waals surface area contributed by atoms with Crippen molar-refractivity contribution < 1.29 is 9.13 Å². The van der Waals surface area contributed by atoms with E-state index in [0.29, 0.717) is 50.5 Å². The molecular weight excluding hydrogens is 515 g/mol. The van der Waals surface area contributed by atoms with Crippen molar-refractivity contribution >= 4 is 33.8 Å². The van der Waals surface area contributed by atoms with Gasteiger partial charge in [-0.3, -0.25) is 18.7 Å². The molecule has 2 aromatic heterocycles. The van der Waals surface area contributed by atoms with Crippen LogP contribution in [0.4, 0.5) is 27.1 Å². The van der Waals surface area contributed by atoms with Gasteiger partial charge in [0, 0.05) is 50.7 Å². The first-order valence-corrected chi connectivity index (χ1v) is 13.0. The maximum atomic E-state index is 14.9. The van der Waals surface area contributed by atoms with Gasteiger partial charge in [-0.15, -0.1) is 0 Å². The van der Waals surface area contributed by atoms with Crippen molar-refractivity contribution in [2.45, 2.75) is 26.3 Å². The minimum atomic E-state index is -0.551. The van der Waals surface area contributed by atoms with E-state index in [4.69, 9.17) is 4.74 Å². The lowest BCUT2D eigenvalue weighted by Gasteiger charge is -2.29. The van der Waals surface area contributed by atoms with Gasteiger partial charge in [0.1, 0.15) is 16.9 Å². The quantitative estimate of drug-likeness (QED) is 0.380. The Morgan fingerprint density at radius 2 is 1.68 bits per heavy atom. The van der Waals surface area contributed by atoms with Crippen molar-refractivity contribution in [3.05, 3.63) is 85.5 Å². The van der Waals surface area contributed by atoms with E-state index in [0.717, 1.165) is 5.69 Å². The smallest absolute Gasteiger partial charge is 0.337 e. The number of hydrogen-bond acceptors (Lipinski definition) is 7. The van der Waals surface area contributed by atoms with E-state index < -0.39 is 22.6 Å². The molecule has 1 aliphatic heterocycles. The summed E-state index contributed by atoms with van der Waals surface area (Å²) in [6.45, 7) is 2.64. The van der Waals surface area contributed by atoms with Gasteiger partial charge in [0.25, 0.3) is 11.1 Å². The highest BCUT2D eigenvalue weighted by molar-refractivity contribution is 5.91. The summed E-state index contributed by atoms with van der Waals surface area (Å²) >= 11 is 0. The molecule has 2 N–H and O–H groups in total. The number of rotatable bonds is 6. The fourth-order valence-electron chi connectivity index (χ4n) is 5.12. The van der Waals surface area contributed by atoms with Crippen LogP contribution in [-0.4, -0.2) is 47.1 Å². The van der Waals surface area contributed by atoms with Crippen molar-refractivity contribution in [3.8, 4) is 5.69 Å². The average molecular weight is 549 g/mol. The third-order valence-corrected chi connectivity index (χ3v) is 7.35. The number of anilines is 4. The number of benzene rings is 2. The predicted octanol–water partition coefficient (Wildman–Crippen LogP) is 3.58. The van der Waals surface area contributed by atoms with E-state index >= 15 is 0 Å². The Hall–Kier alpha value is -4.38. The second-order valence-electron chi connectivity index (χ2n) is 9.87. The van der Waals surface area contributed by atoms with Crippen molar-refractivity contribution in [3.63, 3.8) is 0 Å². The monoisotopic (exact) mass is 548 g/mol. The number of aryl methyl sites for hydroxylation is 1. The molecule has 1 saturated heterocycles. The third-order valence-electron chi connectivity index (χ3n) is 7.35. The minimum Gasteiger partial charge on any atom is -0.388 e. The molecule has 0 bridgehead atoms. The van der Waals surface area contributed by atoms with E-state index in [-0.39, 0.29) is 35.9 Å². The second-order valence-corrected chi connectivity index (χ2v) is 9.87. The normalized spacial score (nSPS) is 15.1. The Morgan fingerprint density at radius 1 is 0.950 bits per heavy atom. The number of pyridine rings is 1. The Morgan fingerprint density at radius 3 is 2.35 bits per heavy atom. The predicted molar refractivity (Wildman–Crippen MR) is 156 cm³/mol. The fraction of sp³-hybridized carbons (Fsp3) is 0.345. The van der Waals surface area contributed by atoms with Gasteiger partial charge in [0.05, 0.1) is 30.3 Å². The number of fused-ring (bicyclic) bond motifs is 1. The van der Waals surface area contributed by atoms with E-state index in [1.165, 1.54) is 38.9 Å². The van der Waals surface area contributed by atoms with Crippen molar-refractivity contribution in [2.75, 3.05) is 48.9 Å². The molecule has 6 rings (SSSR count). The Bertz CT molecular complexity index is 1770. The van der Waals surface area contributed by atoms with Crippen LogP contribution in [0.25, 0.3) is 16.7 Å². The maximum Gasteiger partial charge on any atom is 0.337 e. The van der Waals surface area contributed by atoms with Gasteiger partial charge in [-0.2, -0.15) is 0 Å². The SMILES string of the molecule is C.CNc1ccc(Nc2cc(=O)n(C)c3c2c(=O)n(C2CC2)c(=O)n3-c2cccc(N3CCOCC3)c2)c(F)c1. The molecule has 2 aromatic carbocycles. The molecule has 0 radical (unpaired) electrons. The van der Waals surface area contributed by atoms with E-state index in [9.17, 15) is 18.8 Å². The van der Waals surface area contributed by atoms with E-state index in [1.54, 1.807) is 19.2 Å². The zero-order valence-corrected chi connectivity index (χ0v) is 21.7. The summed E-state index contributed by atoms with van der Waals surface area (Å²) in [5.74, 6) is -0.551. The summed E-state index contributed by atoms with van der Waals surface area (Å²) in [4.78, 5) is 43.1. The zero-order chi connectivity index (χ0) is 27.3. The first-order chi connectivity index (χ1) is 18.9. The summed E-state index contributed by atoms with van der Waals surface area (Å²) in [5.41, 5.74) is 0.939. The molecule has 210 valence electrons. The summed E-state index contributed by atoms with van der Waals surface area (Å²) < 4.78 is 24.4. The summed E-state index contributed by atoms with van der Waals surface area (Å²) in [5, 5.41) is 5.97. The van der Waals surface area contributed by atoms with Gasteiger partial charge in [0.2, 0.25) is 0 Å². The van der Waals surface area contributed by atoms with Crippen LogP contribution in [-0.2, 0) is 11.8 Å². The number of nitrogens with zero attached hydrogens (tertiary/aromatic N) is 4. The van der Waals surface area contributed by atoms with Crippen LogP contribution < -0.4 is 32.3 Å². The van der Waals surface area contributed by atoms with Crippen LogP contribution in [0.15, 0.2) is 62.9 Å². The van der Waals surface area contributed by atoms with Crippen LogP contribution in [0, 0.1) is 5.82 Å². The summed E-state index contributed by atoms with van der Waals surface area (Å²) in [6, 6.07) is 13.1. The molecule has 3 heterocycles. The van der Waals surface area contributed by atoms with Gasteiger partial charge < -0.3 is 20.3 Å². The van der Waals surface area contributed by atoms with Gasteiger partial charge >= 0.3 is 5.69 Å². The second kappa shape index (κ2) is 10.6. The van der Waals surface area contributed by atoms with Crippen LogP contribution in [0.1, 0.15) is 26.3 Å². The van der Waals surface area contributed by atoms with Crippen LogP contribution in [0.2, 0.25) is 0 Å². The topological polar surface area (TPSA) is 103 Å². The fourth-order valence-corrected chi connectivity index (χ4v) is 5.12. The van der Waals surface area contributed by atoms with Crippen LogP contribution >= 0.6 is 0 Å². The van der Waals surface area contributed by atoms with Gasteiger partial charge in [-0.25, -0.2) is 13.8 Å². The molecule has 0 amide bonds. The largest absolute Gasteiger partial charge is 0.388 e. The lowest BCUT2D eigenvalue weighted by molar-refractivity contribution is 0.122. The van der Waals surface area contributed by atoms with E-state index in [1.807, 2.05) is 18.2 Å². The molecule has 40 heavy (non-hydrogen) atoms. The number of hydrogen-bond donors (Lipinski definition) is 2. The van der Waals surface area contributed by atoms with Crippen LogP contribution in [0.3, 0.4) is 0 Å². The Labute approximate surface area is 230 Å². The molecule has 10 nitrogen and oxygen atoms in total. The number of aromatic nitrogens is 3. The molecule has 11 heteroatoms. The number of nitrogens with one attached hydrogen (secondary N) is 2. The zero-order valence-electron chi connectivity index (χ0n) is 21.7. The van der Waals surface area contributed by atoms with Crippen molar-refractivity contribution in [2.24, 2.45) is 7.05 Å². The molecule has 1 aliphatic carbocycles. The van der Waals surface area contributed by atoms with E-state index in [2.05, 4.69) is 15.5 Å². The lowest BCUT2D eigenvalue weighted by atomic mass is 10.2. The molecule has 0 unspecified atom stereocenters. The Balaban J connectivity index is 0.00000323. The molecule has 4 aromatic rings. The molecule has 0 atom stereocenters. The number of morpholine rings is 1. The summed E-state index contributed by atoms with van der Waals surface area (Å²) in [7, 11) is 3.21. The highest BCUT2D eigenvalue weighted by atomic mass is 19.1.